The van der Waals surface area contributed by atoms with Crippen LogP contribution in [0.15, 0.2) is 8.97 Å². The van der Waals surface area contributed by atoms with E-state index >= 15 is 0 Å². The fourth-order valence-corrected chi connectivity index (χ4v) is 1.97. The Bertz CT molecular complexity index is 235. The number of rotatable bonds is 4. The van der Waals surface area contributed by atoms with Gasteiger partial charge in [0.1, 0.15) is 4.49 Å². The maximum absolute atomic E-state index is 11.5. The highest BCUT2D eigenvalue weighted by Crippen LogP contribution is 2.32. The van der Waals surface area contributed by atoms with Crippen LogP contribution in [0, 0.1) is 11.8 Å². The minimum atomic E-state index is -0.431. The summed E-state index contributed by atoms with van der Waals surface area (Å²) in [5.41, 5.74) is 0. The van der Waals surface area contributed by atoms with E-state index in [-0.39, 0.29) is 16.4 Å². The summed E-state index contributed by atoms with van der Waals surface area (Å²) in [6, 6.07) is 0. The van der Waals surface area contributed by atoms with E-state index in [4.69, 9.17) is 27.9 Å². The van der Waals surface area contributed by atoms with Gasteiger partial charge in [-0.15, -0.1) is 0 Å². The van der Waals surface area contributed by atoms with Gasteiger partial charge in [0, 0.05) is 4.48 Å². The first-order valence-corrected chi connectivity index (χ1v) is 5.84. The first-order chi connectivity index (χ1) is 6.41. The standard InChI is InChI=1S/C9H13BrCl2O2/c1-4-14-9(13)6(5(2)3)7(10)8(11)12/h5-6H,4H2,1-3H3. The van der Waals surface area contributed by atoms with Gasteiger partial charge in [0.2, 0.25) is 0 Å². The van der Waals surface area contributed by atoms with E-state index in [0.29, 0.717) is 11.1 Å². The maximum Gasteiger partial charge on any atom is 0.314 e. The SMILES string of the molecule is CCOC(=O)C(C(Br)=C(Cl)Cl)C(C)C. The van der Waals surface area contributed by atoms with Crippen molar-refractivity contribution in [1.82, 2.24) is 0 Å². The monoisotopic (exact) mass is 302 g/mol. The average Bonchev–Trinajstić information content (AvgIpc) is 2.03. The molecule has 0 aliphatic carbocycles. The maximum atomic E-state index is 11.5. The average molecular weight is 304 g/mol. The van der Waals surface area contributed by atoms with Gasteiger partial charge >= 0.3 is 5.97 Å². The van der Waals surface area contributed by atoms with Gasteiger partial charge in [-0.1, -0.05) is 53.0 Å². The van der Waals surface area contributed by atoms with Crippen molar-refractivity contribution in [2.75, 3.05) is 6.61 Å². The number of carbonyl (C=O) groups excluding carboxylic acids is 1. The highest BCUT2D eigenvalue weighted by molar-refractivity contribution is 9.11. The molecule has 0 spiro atoms. The fraction of sp³-hybridized carbons (Fsp3) is 0.667. The third-order valence-corrected chi connectivity index (χ3v) is 3.41. The van der Waals surface area contributed by atoms with Crippen molar-refractivity contribution in [3.8, 4) is 0 Å². The van der Waals surface area contributed by atoms with Crippen LogP contribution in [0.4, 0.5) is 0 Å². The minimum absolute atomic E-state index is 0.0664. The molecule has 14 heavy (non-hydrogen) atoms. The molecule has 0 fully saturated rings. The van der Waals surface area contributed by atoms with Crippen molar-refractivity contribution in [3.05, 3.63) is 8.97 Å². The van der Waals surface area contributed by atoms with E-state index in [1.54, 1.807) is 6.92 Å². The third kappa shape index (κ3) is 4.20. The molecular formula is C9H13BrCl2O2. The van der Waals surface area contributed by atoms with Crippen LogP contribution in [0.25, 0.3) is 0 Å². The van der Waals surface area contributed by atoms with Gasteiger partial charge in [-0.05, 0) is 12.8 Å². The van der Waals surface area contributed by atoms with Crippen LogP contribution in [-0.4, -0.2) is 12.6 Å². The second-order valence-electron chi connectivity index (χ2n) is 3.08. The van der Waals surface area contributed by atoms with Gasteiger partial charge in [0.05, 0.1) is 12.5 Å². The molecule has 1 atom stereocenters. The lowest BCUT2D eigenvalue weighted by molar-refractivity contribution is -0.147. The number of carbonyl (C=O) groups is 1. The minimum Gasteiger partial charge on any atom is -0.465 e. The third-order valence-electron chi connectivity index (χ3n) is 1.66. The van der Waals surface area contributed by atoms with E-state index in [1.165, 1.54) is 0 Å². The number of esters is 1. The summed E-state index contributed by atoms with van der Waals surface area (Å²) < 4.78 is 5.46. The van der Waals surface area contributed by atoms with E-state index in [2.05, 4.69) is 15.9 Å². The Balaban J connectivity index is 4.78. The summed E-state index contributed by atoms with van der Waals surface area (Å²) in [4.78, 5) is 11.5. The molecule has 2 nitrogen and oxygen atoms in total. The van der Waals surface area contributed by atoms with Gasteiger partial charge in [0.15, 0.2) is 0 Å². The normalized spacial score (nSPS) is 12.5. The largest absolute Gasteiger partial charge is 0.465 e. The predicted molar refractivity (Wildman–Crippen MR) is 62.6 cm³/mol. The van der Waals surface area contributed by atoms with Crippen molar-refractivity contribution in [3.63, 3.8) is 0 Å². The second-order valence-corrected chi connectivity index (χ2v) is 4.89. The molecule has 0 amide bonds. The lowest BCUT2D eigenvalue weighted by Crippen LogP contribution is -2.23. The van der Waals surface area contributed by atoms with Gasteiger partial charge in [0.25, 0.3) is 0 Å². The van der Waals surface area contributed by atoms with E-state index in [9.17, 15) is 4.79 Å². The Morgan fingerprint density at radius 2 is 1.93 bits per heavy atom. The summed E-state index contributed by atoms with van der Waals surface area (Å²) in [6.45, 7) is 5.91. The summed E-state index contributed by atoms with van der Waals surface area (Å²) in [6.07, 6.45) is 0. The van der Waals surface area contributed by atoms with Crippen molar-refractivity contribution >= 4 is 45.1 Å². The summed E-state index contributed by atoms with van der Waals surface area (Å²) in [5, 5.41) is 0. The highest BCUT2D eigenvalue weighted by atomic mass is 79.9. The molecule has 0 heterocycles. The highest BCUT2D eigenvalue weighted by Gasteiger charge is 2.28. The quantitative estimate of drug-likeness (QED) is 0.737. The molecule has 0 aromatic rings. The van der Waals surface area contributed by atoms with Crippen LogP contribution in [0.2, 0.25) is 0 Å². The van der Waals surface area contributed by atoms with Crippen molar-refractivity contribution in [2.45, 2.75) is 20.8 Å². The fourth-order valence-electron chi connectivity index (χ4n) is 1.02. The van der Waals surface area contributed by atoms with Gasteiger partial charge in [-0.3, -0.25) is 4.79 Å². The predicted octanol–water partition coefficient (Wildman–Crippen LogP) is 3.86. The van der Waals surface area contributed by atoms with Crippen LogP contribution in [0.5, 0.6) is 0 Å². The molecule has 0 aliphatic heterocycles. The van der Waals surface area contributed by atoms with Crippen LogP contribution in [-0.2, 0) is 9.53 Å². The molecule has 82 valence electrons. The summed E-state index contributed by atoms with van der Waals surface area (Å²) >= 11 is 14.4. The van der Waals surface area contributed by atoms with Gasteiger partial charge in [-0.25, -0.2) is 0 Å². The second kappa shape index (κ2) is 6.70. The molecule has 0 N–H and O–H groups in total. The first-order valence-electron chi connectivity index (χ1n) is 4.29. The molecule has 0 aromatic heterocycles. The molecule has 5 heteroatoms. The zero-order valence-electron chi connectivity index (χ0n) is 8.31. The molecule has 0 aromatic carbocycles. The number of hydrogen-bond acceptors (Lipinski definition) is 2. The molecule has 0 aliphatic rings. The zero-order valence-corrected chi connectivity index (χ0v) is 11.4. The molecule has 0 saturated heterocycles. The van der Waals surface area contributed by atoms with Crippen molar-refractivity contribution < 1.29 is 9.53 Å². The molecule has 0 radical (unpaired) electrons. The molecule has 0 bridgehead atoms. The Labute approximate surface area is 103 Å². The number of hydrogen-bond donors (Lipinski definition) is 0. The van der Waals surface area contributed by atoms with Crippen LogP contribution < -0.4 is 0 Å². The van der Waals surface area contributed by atoms with E-state index < -0.39 is 5.92 Å². The Morgan fingerprint density at radius 3 is 2.21 bits per heavy atom. The smallest absolute Gasteiger partial charge is 0.314 e. The number of ether oxygens (including phenoxy) is 1. The first kappa shape index (κ1) is 14.3. The van der Waals surface area contributed by atoms with E-state index in [0.717, 1.165) is 0 Å². The Morgan fingerprint density at radius 1 is 1.43 bits per heavy atom. The van der Waals surface area contributed by atoms with Crippen LogP contribution >= 0.6 is 39.1 Å². The Kier molecular flexibility index (Phi) is 6.83. The summed E-state index contributed by atoms with van der Waals surface area (Å²) in [7, 11) is 0. The molecular weight excluding hydrogens is 291 g/mol. The van der Waals surface area contributed by atoms with Crippen molar-refractivity contribution in [1.29, 1.82) is 0 Å². The number of halogens is 3. The van der Waals surface area contributed by atoms with E-state index in [1.807, 2.05) is 13.8 Å². The van der Waals surface area contributed by atoms with Gasteiger partial charge < -0.3 is 4.74 Å². The Hall–Kier alpha value is 0.270. The van der Waals surface area contributed by atoms with Crippen LogP contribution in [0.3, 0.4) is 0 Å². The molecule has 0 saturated carbocycles. The lowest BCUT2D eigenvalue weighted by Gasteiger charge is -2.18. The van der Waals surface area contributed by atoms with Crippen LogP contribution in [0.1, 0.15) is 20.8 Å². The van der Waals surface area contributed by atoms with Gasteiger partial charge in [-0.2, -0.15) is 0 Å². The molecule has 0 rings (SSSR count). The summed E-state index contributed by atoms with van der Waals surface area (Å²) in [5.74, 6) is -0.663. The molecule has 1 unspecified atom stereocenters. The van der Waals surface area contributed by atoms with Crippen molar-refractivity contribution in [2.24, 2.45) is 11.8 Å². The topological polar surface area (TPSA) is 26.3 Å². The zero-order chi connectivity index (χ0) is 11.3. The lowest BCUT2D eigenvalue weighted by atomic mass is 9.96.